The highest BCUT2D eigenvalue weighted by Crippen LogP contribution is 2.32. The summed E-state index contributed by atoms with van der Waals surface area (Å²) < 4.78 is 0. The fourth-order valence-corrected chi connectivity index (χ4v) is 2.94. The van der Waals surface area contributed by atoms with Gasteiger partial charge in [0, 0.05) is 18.6 Å². The summed E-state index contributed by atoms with van der Waals surface area (Å²) in [7, 11) is 0. The van der Waals surface area contributed by atoms with E-state index in [0.717, 1.165) is 12.5 Å². The summed E-state index contributed by atoms with van der Waals surface area (Å²) >= 11 is 0. The summed E-state index contributed by atoms with van der Waals surface area (Å²) in [6.45, 7) is 4.90. The maximum Gasteiger partial charge on any atom is 0.227 e. The van der Waals surface area contributed by atoms with Gasteiger partial charge in [-0.1, -0.05) is 26.2 Å². The average molecular weight is 289 g/mol. The van der Waals surface area contributed by atoms with Crippen LogP contribution in [0.25, 0.3) is 0 Å². The first-order valence-corrected chi connectivity index (χ1v) is 7.65. The lowest BCUT2D eigenvalue weighted by molar-refractivity contribution is -0.137. The lowest BCUT2D eigenvalue weighted by atomic mass is 9.88. The van der Waals surface area contributed by atoms with Crippen LogP contribution in [0.2, 0.25) is 0 Å². The van der Waals surface area contributed by atoms with Crippen LogP contribution in [0, 0.1) is 11.8 Å². The van der Waals surface area contributed by atoms with Crippen LogP contribution in [0.1, 0.15) is 58.8 Å². The van der Waals surface area contributed by atoms with Gasteiger partial charge in [0.2, 0.25) is 5.91 Å². The van der Waals surface area contributed by atoms with Crippen molar-refractivity contribution in [3.05, 3.63) is 0 Å². The fraction of sp³-hybridized carbons (Fsp3) is 0.933. The van der Waals surface area contributed by atoms with Gasteiger partial charge in [0.25, 0.3) is 0 Å². The van der Waals surface area contributed by atoms with Crippen molar-refractivity contribution in [2.75, 3.05) is 6.54 Å². The average Bonchev–Trinajstić information content (AvgIpc) is 3.19. The summed E-state index contributed by atoms with van der Waals surface area (Å²) in [6.07, 6.45) is 9.09. The molecular weight excluding hydrogens is 260 g/mol. The number of nitrogens with two attached hydrogens (primary N) is 1. The topological polar surface area (TPSA) is 46.3 Å². The van der Waals surface area contributed by atoms with Crippen molar-refractivity contribution in [1.82, 2.24) is 4.90 Å². The summed E-state index contributed by atoms with van der Waals surface area (Å²) in [5, 5.41) is 0. The first-order valence-electron chi connectivity index (χ1n) is 7.65. The number of rotatable bonds is 5. The Balaban J connectivity index is 0.00000180. The third kappa shape index (κ3) is 4.64. The van der Waals surface area contributed by atoms with Crippen molar-refractivity contribution >= 4 is 18.3 Å². The SMILES string of the molecule is CC(N)C(C)C(=O)N(CC1CCCCC1)C1CC1.Cl. The summed E-state index contributed by atoms with van der Waals surface area (Å²) in [5.41, 5.74) is 5.88. The van der Waals surface area contributed by atoms with Crippen LogP contribution in [0.3, 0.4) is 0 Å². The van der Waals surface area contributed by atoms with Gasteiger partial charge in [-0.15, -0.1) is 12.4 Å². The van der Waals surface area contributed by atoms with Crippen LogP contribution < -0.4 is 5.73 Å². The van der Waals surface area contributed by atoms with E-state index in [1.807, 2.05) is 13.8 Å². The Labute approximate surface area is 123 Å². The highest BCUT2D eigenvalue weighted by atomic mass is 35.5. The van der Waals surface area contributed by atoms with E-state index in [4.69, 9.17) is 5.73 Å². The van der Waals surface area contributed by atoms with Gasteiger partial charge < -0.3 is 10.6 Å². The number of carbonyl (C=O) groups excluding carboxylic acids is 1. The minimum atomic E-state index is -0.0369. The Kier molecular flexibility index (Phi) is 6.61. The number of hydrogen-bond acceptors (Lipinski definition) is 2. The molecule has 0 heterocycles. The standard InChI is InChI=1S/C15H28N2O.ClH/c1-11(12(2)16)15(18)17(14-8-9-14)10-13-6-4-3-5-7-13;/h11-14H,3-10,16H2,1-2H3;1H. The molecule has 0 bridgehead atoms. The maximum atomic E-state index is 12.5. The lowest BCUT2D eigenvalue weighted by Crippen LogP contribution is -2.45. The molecule has 2 atom stereocenters. The summed E-state index contributed by atoms with van der Waals surface area (Å²) in [5.74, 6) is 0.996. The molecule has 0 aromatic rings. The zero-order chi connectivity index (χ0) is 13.1. The molecule has 0 saturated heterocycles. The first kappa shape index (κ1) is 16.8. The number of carbonyl (C=O) groups is 1. The number of halogens is 1. The van der Waals surface area contributed by atoms with Crippen LogP contribution in [-0.2, 0) is 4.79 Å². The van der Waals surface area contributed by atoms with Gasteiger partial charge in [0.1, 0.15) is 0 Å². The second-order valence-electron chi connectivity index (χ2n) is 6.37. The largest absolute Gasteiger partial charge is 0.339 e. The lowest BCUT2D eigenvalue weighted by Gasteiger charge is -2.32. The summed E-state index contributed by atoms with van der Waals surface area (Å²) in [4.78, 5) is 14.6. The van der Waals surface area contributed by atoms with E-state index in [9.17, 15) is 4.79 Å². The normalized spacial score (nSPS) is 23.3. The molecule has 0 aromatic carbocycles. The first-order chi connectivity index (χ1) is 8.59. The second kappa shape index (κ2) is 7.49. The van der Waals surface area contributed by atoms with Crippen LogP contribution in [0.4, 0.5) is 0 Å². The Morgan fingerprint density at radius 3 is 2.21 bits per heavy atom. The molecule has 0 radical (unpaired) electrons. The van der Waals surface area contributed by atoms with Crippen molar-refractivity contribution in [3.63, 3.8) is 0 Å². The third-order valence-corrected chi connectivity index (χ3v) is 4.63. The molecule has 19 heavy (non-hydrogen) atoms. The molecule has 0 aliphatic heterocycles. The molecule has 2 aliphatic carbocycles. The molecule has 2 rings (SSSR count). The van der Waals surface area contributed by atoms with E-state index in [-0.39, 0.29) is 30.3 Å². The van der Waals surface area contributed by atoms with Crippen LogP contribution >= 0.6 is 12.4 Å². The molecule has 4 heteroatoms. The van der Waals surface area contributed by atoms with Gasteiger partial charge in [-0.3, -0.25) is 4.79 Å². The fourth-order valence-electron chi connectivity index (χ4n) is 2.94. The third-order valence-electron chi connectivity index (χ3n) is 4.63. The monoisotopic (exact) mass is 288 g/mol. The van der Waals surface area contributed by atoms with E-state index in [0.29, 0.717) is 6.04 Å². The van der Waals surface area contributed by atoms with Gasteiger partial charge in [0.05, 0.1) is 5.92 Å². The highest BCUT2D eigenvalue weighted by Gasteiger charge is 2.36. The summed E-state index contributed by atoms with van der Waals surface area (Å²) in [6, 6.07) is 0.491. The van der Waals surface area contributed by atoms with E-state index in [2.05, 4.69) is 4.90 Å². The Morgan fingerprint density at radius 1 is 1.16 bits per heavy atom. The zero-order valence-electron chi connectivity index (χ0n) is 12.3. The van der Waals surface area contributed by atoms with Crippen molar-refractivity contribution in [3.8, 4) is 0 Å². The van der Waals surface area contributed by atoms with Crippen molar-refractivity contribution in [1.29, 1.82) is 0 Å². The smallest absolute Gasteiger partial charge is 0.227 e. The van der Waals surface area contributed by atoms with Crippen LogP contribution in [-0.4, -0.2) is 29.4 Å². The highest BCUT2D eigenvalue weighted by molar-refractivity contribution is 5.85. The van der Waals surface area contributed by atoms with Gasteiger partial charge in [-0.2, -0.15) is 0 Å². The number of amides is 1. The van der Waals surface area contributed by atoms with Gasteiger partial charge in [-0.05, 0) is 38.5 Å². The maximum absolute atomic E-state index is 12.5. The van der Waals surface area contributed by atoms with E-state index in [1.165, 1.54) is 44.9 Å². The Morgan fingerprint density at radius 2 is 1.74 bits per heavy atom. The molecule has 2 N–H and O–H groups in total. The molecule has 2 unspecified atom stereocenters. The van der Waals surface area contributed by atoms with E-state index in [1.54, 1.807) is 0 Å². The molecule has 3 nitrogen and oxygen atoms in total. The van der Waals surface area contributed by atoms with Gasteiger partial charge in [-0.25, -0.2) is 0 Å². The van der Waals surface area contributed by atoms with Crippen LogP contribution in [0.5, 0.6) is 0 Å². The quantitative estimate of drug-likeness (QED) is 0.845. The van der Waals surface area contributed by atoms with E-state index < -0.39 is 0 Å². The zero-order valence-corrected chi connectivity index (χ0v) is 13.1. The second-order valence-corrected chi connectivity index (χ2v) is 6.37. The van der Waals surface area contributed by atoms with Crippen LogP contribution in [0.15, 0.2) is 0 Å². The van der Waals surface area contributed by atoms with Crippen molar-refractivity contribution in [2.24, 2.45) is 17.6 Å². The molecule has 0 spiro atoms. The molecule has 2 saturated carbocycles. The molecule has 1 amide bonds. The molecule has 112 valence electrons. The van der Waals surface area contributed by atoms with Gasteiger partial charge >= 0.3 is 0 Å². The number of nitrogens with zero attached hydrogens (tertiary/aromatic N) is 1. The Hall–Kier alpha value is -0.280. The molecular formula is C15H29ClN2O. The molecule has 2 aliphatic rings. The van der Waals surface area contributed by atoms with Gasteiger partial charge in [0.15, 0.2) is 0 Å². The van der Waals surface area contributed by atoms with Crippen molar-refractivity contribution < 1.29 is 4.79 Å². The Bertz CT molecular complexity index is 286. The van der Waals surface area contributed by atoms with Crippen molar-refractivity contribution in [2.45, 2.75) is 70.9 Å². The number of hydrogen-bond donors (Lipinski definition) is 1. The predicted molar refractivity (Wildman–Crippen MR) is 81.4 cm³/mol. The predicted octanol–water partition coefficient (Wildman–Crippen LogP) is 2.96. The molecule has 0 aromatic heterocycles. The minimum Gasteiger partial charge on any atom is -0.339 e. The van der Waals surface area contributed by atoms with E-state index >= 15 is 0 Å². The minimum absolute atomic E-state index is 0. The molecule has 2 fully saturated rings.